The molecular weight excluding hydrogens is 651 g/mol. The summed E-state index contributed by atoms with van der Waals surface area (Å²) in [7, 11) is 0. The van der Waals surface area contributed by atoms with E-state index in [0.29, 0.717) is 0 Å². The number of hydrogen-bond donors (Lipinski definition) is 0. The molecule has 0 N–H and O–H groups in total. The van der Waals surface area contributed by atoms with E-state index >= 15 is 4.39 Å². The van der Waals surface area contributed by atoms with E-state index in [4.69, 9.17) is 14.2 Å². The van der Waals surface area contributed by atoms with E-state index in [1.54, 1.807) is 71.9 Å². The van der Waals surface area contributed by atoms with Gasteiger partial charge in [-0.25, -0.2) is 14.0 Å². The van der Waals surface area contributed by atoms with Gasteiger partial charge in [-0.1, -0.05) is 52.9 Å². The van der Waals surface area contributed by atoms with E-state index in [1.807, 2.05) is 30.3 Å². The lowest BCUT2D eigenvalue weighted by Gasteiger charge is -2.30. The molecule has 0 unspecified atom stereocenters. The summed E-state index contributed by atoms with van der Waals surface area (Å²) in [5.41, 5.74) is -0.386. The number of amides is 1. The standard InChI is InChI=1S/C33H38BrFN2O6S/c1-22-25(30(38)42-24-17-12-9-13-18-24)29(41-21-23-15-10-8-11-16-23)28(26(34)27(22)35)37(31(39)43-32(2,3)4)20-14-19-36-44(40)33(5,6)7/h8-13,15-19H,14,20-21H2,1-7H3/b36-19+/t44-/m1/s1. The van der Waals surface area contributed by atoms with Crippen LogP contribution in [0, 0.1) is 12.7 Å². The van der Waals surface area contributed by atoms with Crippen LogP contribution in [0.25, 0.3) is 0 Å². The van der Waals surface area contributed by atoms with Crippen LogP contribution in [0.4, 0.5) is 14.9 Å². The van der Waals surface area contributed by atoms with Gasteiger partial charge < -0.3 is 18.8 Å². The first-order valence-electron chi connectivity index (χ1n) is 14.0. The van der Waals surface area contributed by atoms with Gasteiger partial charge in [-0.05, 0) is 82.1 Å². The van der Waals surface area contributed by atoms with Gasteiger partial charge in [0.1, 0.15) is 51.1 Å². The summed E-state index contributed by atoms with van der Waals surface area (Å²) in [5.74, 6) is -1.46. The number of para-hydroxylation sites is 1. The van der Waals surface area contributed by atoms with Gasteiger partial charge >= 0.3 is 12.1 Å². The van der Waals surface area contributed by atoms with Crippen molar-refractivity contribution in [2.24, 2.45) is 4.40 Å². The highest BCUT2D eigenvalue weighted by Crippen LogP contribution is 2.44. The summed E-state index contributed by atoms with van der Waals surface area (Å²) in [6.45, 7) is 11.9. The second kappa shape index (κ2) is 15.0. The number of carbonyl (C=O) groups excluding carboxylic acids is 2. The molecule has 0 spiro atoms. The van der Waals surface area contributed by atoms with Crippen molar-refractivity contribution >= 4 is 51.3 Å². The molecule has 0 fully saturated rings. The minimum Gasteiger partial charge on any atom is -0.591 e. The Balaban J connectivity index is 2.18. The lowest BCUT2D eigenvalue weighted by atomic mass is 10.0. The van der Waals surface area contributed by atoms with Crippen LogP contribution in [-0.2, 0) is 22.7 Å². The van der Waals surface area contributed by atoms with E-state index in [-0.39, 0.29) is 52.4 Å². The van der Waals surface area contributed by atoms with Gasteiger partial charge in [0, 0.05) is 18.5 Å². The number of anilines is 1. The summed E-state index contributed by atoms with van der Waals surface area (Å²) in [4.78, 5) is 28.5. The van der Waals surface area contributed by atoms with Gasteiger partial charge in [-0.2, -0.15) is 0 Å². The third-order valence-electron chi connectivity index (χ3n) is 5.99. The zero-order chi connectivity index (χ0) is 32.7. The summed E-state index contributed by atoms with van der Waals surface area (Å²) >= 11 is 1.81. The first-order chi connectivity index (χ1) is 20.6. The van der Waals surface area contributed by atoms with Gasteiger partial charge in [0.15, 0.2) is 5.75 Å². The Morgan fingerprint density at radius 1 is 1.02 bits per heavy atom. The van der Waals surface area contributed by atoms with Crippen LogP contribution in [0.3, 0.4) is 0 Å². The molecule has 1 atom stereocenters. The van der Waals surface area contributed by atoms with Crippen LogP contribution >= 0.6 is 15.9 Å². The van der Waals surface area contributed by atoms with E-state index in [2.05, 4.69) is 20.3 Å². The number of carbonyl (C=O) groups is 2. The molecular formula is C33H38BrFN2O6S. The third kappa shape index (κ3) is 9.54. The Labute approximate surface area is 270 Å². The molecule has 0 saturated carbocycles. The van der Waals surface area contributed by atoms with E-state index < -0.39 is 39.6 Å². The largest absolute Gasteiger partial charge is 0.591 e. The van der Waals surface area contributed by atoms with Gasteiger partial charge in [-0.15, -0.1) is 0 Å². The van der Waals surface area contributed by atoms with Crippen LogP contribution in [0.1, 0.15) is 69.4 Å². The van der Waals surface area contributed by atoms with Gasteiger partial charge in [-0.3, -0.25) is 4.90 Å². The smallest absolute Gasteiger partial charge is 0.414 e. The molecule has 3 aromatic carbocycles. The topological polar surface area (TPSA) is 100 Å². The molecule has 236 valence electrons. The molecule has 0 aliphatic carbocycles. The Bertz CT molecular complexity index is 1470. The Kier molecular flexibility index (Phi) is 12.0. The fourth-order valence-corrected chi connectivity index (χ4v) is 5.10. The molecule has 0 aromatic heterocycles. The van der Waals surface area contributed by atoms with E-state index in [9.17, 15) is 14.1 Å². The first kappa shape index (κ1) is 35.1. The second-order valence-corrected chi connectivity index (χ2v) is 14.6. The molecule has 0 saturated heterocycles. The van der Waals surface area contributed by atoms with Crippen molar-refractivity contribution < 1.29 is 32.7 Å². The fourth-order valence-electron chi connectivity index (χ4n) is 3.85. The highest BCUT2D eigenvalue weighted by Gasteiger charge is 2.35. The van der Waals surface area contributed by atoms with Crippen molar-refractivity contribution in [2.45, 2.75) is 71.8 Å². The molecule has 8 nitrogen and oxygen atoms in total. The van der Waals surface area contributed by atoms with E-state index in [1.165, 1.54) is 18.0 Å². The molecule has 11 heteroatoms. The summed E-state index contributed by atoms with van der Waals surface area (Å²) < 4.78 is 49.4. The van der Waals surface area contributed by atoms with Gasteiger partial charge in [0.05, 0.1) is 10.7 Å². The predicted octanol–water partition coefficient (Wildman–Crippen LogP) is 8.36. The summed E-state index contributed by atoms with van der Waals surface area (Å²) in [5, 5.41) is 0. The van der Waals surface area contributed by atoms with Crippen LogP contribution in [-0.4, -0.2) is 39.7 Å². The molecule has 0 aliphatic rings. The van der Waals surface area contributed by atoms with Crippen molar-refractivity contribution in [1.29, 1.82) is 0 Å². The fraction of sp³-hybridized carbons (Fsp3) is 0.364. The maximum absolute atomic E-state index is 15.9. The maximum atomic E-state index is 15.9. The maximum Gasteiger partial charge on any atom is 0.414 e. The minimum atomic E-state index is -1.51. The van der Waals surface area contributed by atoms with Crippen LogP contribution in [0.2, 0.25) is 0 Å². The lowest BCUT2D eigenvalue weighted by Crippen LogP contribution is -2.38. The molecule has 0 bridgehead atoms. The number of nitrogens with zero attached hydrogens (tertiary/aromatic N) is 2. The number of rotatable bonds is 10. The molecule has 44 heavy (non-hydrogen) atoms. The molecule has 3 rings (SSSR count). The van der Waals surface area contributed by atoms with Crippen LogP contribution in [0.5, 0.6) is 11.5 Å². The summed E-state index contributed by atoms with van der Waals surface area (Å²) in [6.07, 6.45) is 0.788. The average molecular weight is 690 g/mol. The minimum absolute atomic E-state index is 0.00511. The highest BCUT2D eigenvalue weighted by atomic mass is 79.9. The average Bonchev–Trinajstić information content (AvgIpc) is 2.95. The van der Waals surface area contributed by atoms with Crippen molar-refractivity contribution in [3.63, 3.8) is 0 Å². The Morgan fingerprint density at radius 3 is 2.18 bits per heavy atom. The monoisotopic (exact) mass is 688 g/mol. The lowest BCUT2D eigenvalue weighted by molar-refractivity contribution is 0.0578. The molecule has 0 aliphatic heterocycles. The Morgan fingerprint density at radius 2 is 1.61 bits per heavy atom. The van der Waals surface area contributed by atoms with Crippen molar-refractivity contribution in [2.75, 3.05) is 11.4 Å². The number of ether oxygens (including phenoxy) is 3. The van der Waals surface area contributed by atoms with Gasteiger partial charge in [0.2, 0.25) is 0 Å². The zero-order valence-electron chi connectivity index (χ0n) is 26.0. The first-order valence-corrected chi connectivity index (χ1v) is 15.9. The SMILES string of the molecule is Cc1c(F)c(Br)c(N(CC/C=N/[S@+]([O-])C(C)(C)C)C(=O)OC(C)(C)C)c(OCc2ccccc2)c1C(=O)Oc1ccccc1. The quantitative estimate of drug-likeness (QED) is 0.0918. The molecule has 0 heterocycles. The van der Waals surface area contributed by atoms with E-state index in [0.717, 1.165) is 5.56 Å². The van der Waals surface area contributed by atoms with Crippen molar-refractivity contribution in [3.8, 4) is 11.5 Å². The molecule has 0 radical (unpaired) electrons. The second-order valence-electron chi connectivity index (χ2n) is 11.9. The predicted molar refractivity (Wildman–Crippen MR) is 176 cm³/mol. The van der Waals surface area contributed by atoms with Crippen LogP contribution in [0.15, 0.2) is 69.5 Å². The number of hydrogen-bond acceptors (Lipinski definition) is 7. The van der Waals surface area contributed by atoms with Crippen molar-refractivity contribution in [1.82, 2.24) is 0 Å². The number of esters is 1. The molecule has 1 amide bonds. The number of halogens is 2. The summed E-state index contributed by atoms with van der Waals surface area (Å²) in [6, 6.07) is 17.6. The number of benzene rings is 3. The normalized spacial score (nSPS) is 12.6. The molecule has 3 aromatic rings. The Hall–Kier alpha value is -3.41. The van der Waals surface area contributed by atoms with Gasteiger partial charge in [0.25, 0.3) is 0 Å². The zero-order valence-corrected chi connectivity index (χ0v) is 28.4. The highest BCUT2D eigenvalue weighted by molar-refractivity contribution is 9.10. The van der Waals surface area contributed by atoms with Crippen LogP contribution < -0.4 is 14.4 Å². The third-order valence-corrected chi connectivity index (χ3v) is 8.10. The van der Waals surface area contributed by atoms with Crippen molar-refractivity contribution in [3.05, 3.63) is 87.6 Å².